The number of anilines is 1. The monoisotopic (exact) mass is 577 g/mol. The minimum atomic E-state index is -4.02. The molecule has 0 unspecified atom stereocenters. The van der Waals surface area contributed by atoms with E-state index in [1.54, 1.807) is 24.3 Å². The van der Waals surface area contributed by atoms with E-state index in [1.807, 2.05) is 14.1 Å². The van der Waals surface area contributed by atoms with E-state index in [2.05, 4.69) is 14.9 Å². The van der Waals surface area contributed by atoms with Gasteiger partial charge < -0.3 is 19.7 Å². The van der Waals surface area contributed by atoms with Crippen LogP contribution in [0.1, 0.15) is 23.2 Å². The SMILES string of the molecule is CN(C)C1(CNC(=O)c2cc(Cl)ccc2NS(=O)(=O)c2ccc(Oc3ccccc3Cl)cc2)CCOCC1. The fraction of sp³-hybridized carbons (Fsp3) is 0.296. The van der Waals surface area contributed by atoms with Crippen LogP contribution in [0.4, 0.5) is 5.69 Å². The molecule has 11 heteroatoms. The molecule has 1 aliphatic heterocycles. The number of nitrogens with one attached hydrogen (secondary N) is 2. The summed E-state index contributed by atoms with van der Waals surface area (Å²) in [6, 6.07) is 17.3. The fourth-order valence-corrected chi connectivity index (χ4v) is 5.64. The first-order valence-corrected chi connectivity index (χ1v) is 14.2. The lowest BCUT2D eigenvalue weighted by Gasteiger charge is -2.42. The molecule has 0 atom stereocenters. The lowest BCUT2D eigenvalue weighted by atomic mass is 9.88. The minimum Gasteiger partial charge on any atom is -0.456 e. The number of benzene rings is 3. The topological polar surface area (TPSA) is 97.0 Å². The largest absolute Gasteiger partial charge is 0.456 e. The zero-order valence-corrected chi connectivity index (χ0v) is 23.4. The fourth-order valence-electron chi connectivity index (χ4n) is 4.21. The van der Waals surface area contributed by atoms with Gasteiger partial charge in [-0.25, -0.2) is 8.42 Å². The Balaban J connectivity index is 1.50. The quantitative estimate of drug-likeness (QED) is 0.352. The van der Waals surface area contributed by atoms with Crippen LogP contribution in [0.25, 0.3) is 0 Å². The third kappa shape index (κ3) is 6.59. The molecule has 38 heavy (non-hydrogen) atoms. The Kier molecular flexibility index (Phi) is 8.85. The number of ether oxygens (including phenoxy) is 2. The van der Waals surface area contributed by atoms with Crippen molar-refractivity contribution in [2.24, 2.45) is 0 Å². The first-order chi connectivity index (χ1) is 18.1. The Labute approximate surface area is 232 Å². The van der Waals surface area contributed by atoms with Crippen LogP contribution in [-0.4, -0.2) is 58.6 Å². The van der Waals surface area contributed by atoms with Gasteiger partial charge in [-0.1, -0.05) is 35.3 Å². The van der Waals surface area contributed by atoms with Crippen LogP contribution in [0.5, 0.6) is 11.5 Å². The average molecular weight is 579 g/mol. The van der Waals surface area contributed by atoms with Crippen molar-refractivity contribution in [1.82, 2.24) is 10.2 Å². The predicted molar refractivity (Wildman–Crippen MR) is 149 cm³/mol. The van der Waals surface area contributed by atoms with Crippen molar-refractivity contribution in [2.75, 3.05) is 38.6 Å². The summed E-state index contributed by atoms with van der Waals surface area (Å²) in [5.41, 5.74) is -0.00479. The van der Waals surface area contributed by atoms with Crippen molar-refractivity contribution in [1.29, 1.82) is 0 Å². The van der Waals surface area contributed by atoms with Gasteiger partial charge in [0.25, 0.3) is 15.9 Å². The molecule has 0 aliphatic carbocycles. The number of likely N-dealkylation sites (N-methyl/N-ethyl adjacent to an activating group) is 1. The van der Waals surface area contributed by atoms with E-state index in [0.29, 0.717) is 41.3 Å². The van der Waals surface area contributed by atoms with Crippen LogP contribution >= 0.6 is 23.2 Å². The molecule has 0 bridgehead atoms. The summed E-state index contributed by atoms with van der Waals surface area (Å²) in [5, 5.41) is 3.71. The van der Waals surface area contributed by atoms with Crippen LogP contribution in [-0.2, 0) is 14.8 Å². The van der Waals surface area contributed by atoms with Crippen LogP contribution < -0.4 is 14.8 Å². The molecule has 0 radical (unpaired) electrons. The van der Waals surface area contributed by atoms with E-state index >= 15 is 0 Å². The zero-order valence-electron chi connectivity index (χ0n) is 21.0. The van der Waals surface area contributed by atoms with Gasteiger partial charge in [-0.2, -0.15) is 0 Å². The first-order valence-electron chi connectivity index (χ1n) is 12.0. The number of carbonyl (C=O) groups is 1. The number of hydrogen-bond donors (Lipinski definition) is 2. The van der Waals surface area contributed by atoms with E-state index in [0.717, 1.165) is 12.8 Å². The Morgan fingerprint density at radius 2 is 1.71 bits per heavy atom. The van der Waals surface area contributed by atoms with Gasteiger partial charge >= 0.3 is 0 Å². The Bertz CT molecular complexity index is 1390. The van der Waals surface area contributed by atoms with Crippen LogP contribution in [0.2, 0.25) is 10.0 Å². The molecule has 202 valence electrons. The van der Waals surface area contributed by atoms with Gasteiger partial charge in [0.05, 0.1) is 21.2 Å². The number of halogens is 2. The molecule has 1 amide bonds. The number of amides is 1. The zero-order chi connectivity index (χ0) is 27.3. The highest BCUT2D eigenvalue weighted by Crippen LogP contribution is 2.30. The number of para-hydroxylation sites is 1. The molecule has 0 saturated carbocycles. The minimum absolute atomic E-state index is 0.000849. The maximum absolute atomic E-state index is 13.2. The number of nitrogens with zero attached hydrogens (tertiary/aromatic N) is 1. The summed E-state index contributed by atoms with van der Waals surface area (Å²) in [4.78, 5) is 15.3. The van der Waals surface area contributed by atoms with Crippen molar-refractivity contribution >= 4 is 44.8 Å². The lowest BCUT2D eigenvalue weighted by molar-refractivity contribution is -0.00657. The Hall–Kier alpha value is -2.82. The van der Waals surface area contributed by atoms with Crippen LogP contribution in [0, 0.1) is 0 Å². The normalized spacial score (nSPS) is 15.2. The second-order valence-electron chi connectivity index (χ2n) is 9.21. The van der Waals surface area contributed by atoms with Gasteiger partial charge in [0.15, 0.2) is 0 Å². The molecule has 0 spiro atoms. The molecule has 3 aromatic rings. The molecule has 2 N–H and O–H groups in total. The van der Waals surface area contributed by atoms with Gasteiger partial charge in [-0.05, 0) is 81.5 Å². The first kappa shape index (κ1) is 28.2. The maximum atomic E-state index is 13.2. The van der Waals surface area contributed by atoms with Crippen LogP contribution in [0.15, 0.2) is 71.6 Å². The number of hydrogen-bond acceptors (Lipinski definition) is 6. The predicted octanol–water partition coefficient (Wildman–Crippen LogP) is 5.43. The molecule has 1 aliphatic rings. The molecular weight excluding hydrogens is 549 g/mol. The molecule has 1 saturated heterocycles. The summed E-state index contributed by atoms with van der Waals surface area (Å²) < 4.78 is 40.1. The summed E-state index contributed by atoms with van der Waals surface area (Å²) in [5.74, 6) is 0.449. The summed E-state index contributed by atoms with van der Waals surface area (Å²) >= 11 is 12.3. The van der Waals surface area contributed by atoms with Crippen molar-refractivity contribution in [3.63, 3.8) is 0 Å². The van der Waals surface area contributed by atoms with Gasteiger partial charge in [-0.3, -0.25) is 9.52 Å². The van der Waals surface area contributed by atoms with Crippen molar-refractivity contribution < 1.29 is 22.7 Å². The number of sulfonamides is 1. The van der Waals surface area contributed by atoms with E-state index in [1.165, 1.54) is 42.5 Å². The summed E-state index contributed by atoms with van der Waals surface area (Å²) in [6.07, 6.45) is 1.54. The standard InChI is InChI=1S/C27H29Cl2N3O5S/c1-32(2)27(13-15-36-16-14-27)18-30-26(33)22-17-19(28)7-12-24(22)31-38(34,35)21-10-8-20(9-11-21)37-25-6-4-3-5-23(25)29/h3-12,17,31H,13-16,18H2,1-2H3,(H,30,33). The average Bonchev–Trinajstić information content (AvgIpc) is 2.90. The summed E-state index contributed by atoms with van der Waals surface area (Å²) in [6.45, 7) is 1.60. The molecule has 8 nitrogen and oxygen atoms in total. The molecule has 0 aromatic heterocycles. The number of carbonyl (C=O) groups excluding carboxylic acids is 1. The Morgan fingerprint density at radius 1 is 1.03 bits per heavy atom. The van der Waals surface area contributed by atoms with Crippen molar-refractivity contribution in [3.8, 4) is 11.5 Å². The highest BCUT2D eigenvalue weighted by atomic mass is 35.5. The lowest BCUT2D eigenvalue weighted by Crippen LogP contribution is -2.55. The summed E-state index contributed by atoms with van der Waals surface area (Å²) in [7, 11) is -0.0736. The second kappa shape index (κ2) is 11.9. The third-order valence-corrected chi connectivity index (χ3v) is 8.55. The molecular formula is C27H29Cl2N3O5S. The van der Waals surface area contributed by atoms with E-state index in [-0.39, 0.29) is 21.7 Å². The molecule has 1 heterocycles. The third-order valence-electron chi connectivity index (χ3n) is 6.62. The molecule has 3 aromatic carbocycles. The van der Waals surface area contributed by atoms with Gasteiger partial charge in [0.1, 0.15) is 11.5 Å². The van der Waals surface area contributed by atoms with Crippen molar-refractivity contribution in [3.05, 3.63) is 82.3 Å². The Morgan fingerprint density at radius 3 is 2.37 bits per heavy atom. The van der Waals surface area contributed by atoms with Gasteiger partial charge in [0.2, 0.25) is 0 Å². The number of rotatable bonds is 9. The van der Waals surface area contributed by atoms with Gasteiger partial charge in [-0.15, -0.1) is 0 Å². The van der Waals surface area contributed by atoms with E-state index in [9.17, 15) is 13.2 Å². The maximum Gasteiger partial charge on any atom is 0.261 e. The van der Waals surface area contributed by atoms with Gasteiger partial charge in [0, 0.05) is 30.3 Å². The smallest absolute Gasteiger partial charge is 0.261 e. The molecule has 4 rings (SSSR count). The highest BCUT2D eigenvalue weighted by Gasteiger charge is 2.35. The van der Waals surface area contributed by atoms with E-state index in [4.69, 9.17) is 32.7 Å². The molecule has 1 fully saturated rings. The second-order valence-corrected chi connectivity index (χ2v) is 11.7. The van der Waals surface area contributed by atoms with E-state index < -0.39 is 15.9 Å². The highest BCUT2D eigenvalue weighted by molar-refractivity contribution is 7.92. The van der Waals surface area contributed by atoms with Crippen LogP contribution in [0.3, 0.4) is 0 Å². The van der Waals surface area contributed by atoms with Crippen molar-refractivity contribution in [2.45, 2.75) is 23.3 Å².